The summed E-state index contributed by atoms with van der Waals surface area (Å²) in [5.41, 5.74) is 1.92. The maximum Gasteiger partial charge on any atom is 0.265 e. The molecule has 0 radical (unpaired) electrons. The average Bonchev–Trinajstić information content (AvgIpc) is 2.83. The maximum absolute atomic E-state index is 12.1. The summed E-state index contributed by atoms with van der Waals surface area (Å²) in [6.07, 6.45) is 0.964. The number of amides is 1. The summed E-state index contributed by atoms with van der Waals surface area (Å²) >= 11 is 5.03. The van der Waals surface area contributed by atoms with Crippen LogP contribution in [-0.4, -0.2) is 5.91 Å². The molecule has 0 spiro atoms. The minimum absolute atomic E-state index is 0.0500. The van der Waals surface area contributed by atoms with E-state index >= 15 is 0 Å². The lowest BCUT2D eigenvalue weighted by Crippen LogP contribution is -2.10. The summed E-state index contributed by atoms with van der Waals surface area (Å²) in [6, 6.07) is 9.71. The van der Waals surface area contributed by atoms with Crippen LogP contribution in [0, 0.1) is 6.92 Å². The monoisotopic (exact) mass is 323 g/mol. The van der Waals surface area contributed by atoms with Crippen molar-refractivity contribution < 1.29 is 4.79 Å². The topological polar surface area (TPSA) is 29.1 Å². The van der Waals surface area contributed by atoms with Crippen LogP contribution >= 0.6 is 27.3 Å². The second kappa shape index (κ2) is 5.67. The first-order chi connectivity index (χ1) is 8.61. The molecule has 1 aromatic heterocycles. The molecule has 0 bridgehead atoms. The SMILES string of the molecule is CCc1ccc(C(=O)Nc2cccc(C)c2Br)s1. The van der Waals surface area contributed by atoms with Crippen LogP contribution in [0.15, 0.2) is 34.8 Å². The molecule has 0 aliphatic carbocycles. The van der Waals surface area contributed by atoms with E-state index in [-0.39, 0.29) is 5.91 Å². The van der Waals surface area contributed by atoms with Crippen LogP contribution in [0.25, 0.3) is 0 Å². The van der Waals surface area contributed by atoms with E-state index in [1.807, 2.05) is 37.3 Å². The number of carbonyl (C=O) groups excluding carboxylic acids is 1. The zero-order valence-corrected chi connectivity index (χ0v) is 12.7. The minimum Gasteiger partial charge on any atom is -0.320 e. The van der Waals surface area contributed by atoms with E-state index in [1.165, 1.54) is 4.88 Å². The van der Waals surface area contributed by atoms with Crippen LogP contribution in [0.4, 0.5) is 5.69 Å². The third kappa shape index (κ3) is 2.82. The summed E-state index contributed by atoms with van der Waals surface area (Å²) in [4.78, 5) is 14.1. The molecule has 0 fully saturated rings. The number of halogens is 1. The molecular formula is C14H14BrNOS. The highest BCUT2D eigenvalue weighted by molar-refractivity contribution is 9.10. The van der Waals surface area contributed by atoms with Crippen molar-refractivity contribution in [2.45, 2.75) is 20.3 Å². The highest BCUT2D eigenvalue weighted by Gasteiger charge is 2.11. The van der Waals surface area contributed by atoms with Gasteiger partial charge in [-0.2, -0.15) is 0 Å². The lowest BCUT2D eigenvalue weighted by Gasteiger charge is -2.07. The zero-order valence-electron chi connectivity index (χ0n) is 10.3. The number of rotatable bonds is 3. The predicted octanol–water partition coefficient (Wildman–Crippen LogP) is 4.63. The van der Waals surface area contributed by atoms with Crippen molar-refractivity contribution in [1.82, 2.24) is 0 Å². The molecule has 2 nitrogen and oxygen atoms in total. The first kappa shape index (κ1) is 13.3. The van der Waals surface area contributed by atoms with Gasteiger partial charge in [0, 0.05) is 9.35 Å². The first-order valence-electron chi connectivity index (χ1n) is 5.77. The Bertz CT molecular complexity index is 577. The van der Waals surface area contributed by atoms with E-state index in [0.717, 1.165) is 27.0 Å². The molecule has 1 aromatic carbocycles. The van der Waals surface area contributed by atoms with E-state index in [9.17, 15) is 4.79 Å². The van der Waals surface area contributed by atoms with Gasteiger partial charge in [-0.05, 0) is 53.0 Å². The summed E-state index contributed by atoms with van der Waals surface area (Å²) in [5, 5.41) is 2.93. The van der Waals surface area contributed by atoms with Gasteiger partial charge in [0.2, 0.25) is 0 Å². The zero-order chi connectivity index (χ0) is 13.1. The molecule has 2 rings (SSSR count). The molecule has 1 amide bonds. The van der Waals surface area contributed by atoms with Crippen molar-refractivity contribution in [2.75, 3.05) is 5.32 Å². The van der Waals surface area contributed by atoms with Crippen LogP contribution < -0.4 is 5.32 Å². The normalized spacial score (nSPS) is 10.4. The molecule has 0 aliphatic rings. The number of carbonyl (C=O) groups is 1. The molecule has 0 aliphatic heterocycles. The molecule has 0 unspecified atom stereocenters. The summed E-state index contributed by atoms with van der Waals surface area (Å²) < 4.78 is 0.936. The Morgan fingerprint density at radius 1 is 1.33 bits per heavy atom. The Labute approximate surface area is 119 Å². The van der Waals surface area contributed by atoms with Gasteiger partial charge in [-0.25, -0.2) is 0 Å². The van der Waals surface area contributed by atoms with E-state index in [2.05, 4.69) is 28.2 Å². The number of nitrogens with one attached hydrogen (secondary N) is 1. The molecule has 0 atom stereocenters. The Morgan fingerprint density at radius 3 is 2.78 bits per heavy atom. The minimum atomic E-state index is -0.0500. The highest BCUT2D eigenvalue weighted by Crippen LogP contribution is 2.27. The number of benzene rings is 1. The van der Waals surface area contributed by atoms with Crippen molar-refractivity contribution in [3.63, 3.8) is 0 Å². The predicted molar refractivity (Wildman–Crippen MR) is 80.5 cm³/mol. The van der Waals surface area contributed by atoms with Gasteiger partial charge < -0.3 is 5.32 Å². The number of anilines is 1. The third-order valence-electron chi connectivity index (χ3n) is 2.67. The summed E-state index contributed by atoms with van der Waals surface area (Å²) in [6.45, 7) is 4.09. The van der Waals surface area contributed by atoms with Gasteiger partial charge in [-0.15, -0.1) is 11.3 Å². The molecule has 4 heteroatoms. The first-order valence-corrected chi connectivity index (χ1v) is 7.38. The Balaban J connectivity index is 2.18. The largest absolute Gasteiger partial charge is 0.320 e. The standard InChI is InChI=1S/C14H14BrNOS/c1-3-10-7-8-12(18-10)14(17)16-11-6-4-5-9(2)13(11)15/h4-8H,3H2,1-2H3,(H,16,17). The fourth-order valence-electron chi connectivity index (χ4n) is 1.62. The molecule has 18 heavy (non-hydrogen) atoms. The Hall–Kier alpha value is -1.13. The second-order valence-electron chi connectivity index (χ2n) is 4.01. The maximum atomic E-state index is 12.1. The number of thiophene rings is 1. The Morgan fingerprint density at radius 2 is 2.11 bits per heavy atom. The van der Waals surface area contributed by atoms with Crippen molar-refractivity contribution in [2.24, 2.45) is 0 Å². The van der Waals surface area contributed by atoms with Gasteiger partial charge in [0.15, 0.2) is 0 Å². The van der Waals surface area contributed by atoms with Gasteiger partial charge in [-0.3, -0.25) is 4.79 Å². The summed E-state index contributed by atoms with van der Waals surface area (Å²) in [7, 11) is 0. The quantitative estimate of drug-likeness (QED) is 0.876. The van der Waals surface area contributed by atoms with E-state index in [1.54, 1.807) is 11.3 Å². The van der Waals surface area contributed by atoms with Gasteiger partial charge in [0.05, 0.1) is 10.6 Å². The van der Waals surface area contributed by atoms with Crippen molar-refractivity contribution >= 4 is 38.9 Å². The lowest BCUT2D eigenvalue weighted by molar-refractivity contribution is 0.103. The van der Waals surface area contributed by atoms with Gasteiger partial charge in [0.1, 0.15) is 0 Å². The molecule has 1 heterocycles. The molecule has 1 N–H and O–H groups in total. The van der Waals surface area contributed by atoms with Crippen molar-refractivity contribution in [3.05, 3.63) is 50.1 Å². The Kier molecular flexibility index (Phi) is 4.19. The van der Waals surface area contributed by atoms with Crippen LogP contribution in [0.5, 0.6) is 0 Å². The van der Waals surface area contributed by atoms with Crippen molar-refractivity contribution in [3.8, 4) is 0 Å². The second-order valence-corrected chi connectivity index (χ2v) is 5.97. The smallest absolute Gasteiger partial charge is 0.265 e. The lowest BCUT2D eigenvalue weighted by atomic mass is 10.2. The molecule has 94 valence electrons. The van der Waals surface area contributed by atoms with Gasteiger partial charge in [-0.1, -0.05) is 19.1 Å². The highest BCUT2D eigenvalue weighted by atomic mass is 79.9. The third-order valence-corrected chi connectivity index (χ3v) is 4.95. The van der Waals surface area contributed by atoms with E-state index < -0.39 is 0 Å². The summed E-state index contributed by atoms with van der Waals surface area (Å²) in [5.74, 6) is -0.0500. The van der Waals surface area contributed by atoms with Gasteiger partial charge >= 0.3 is 0 Å². The van der Waals surface area contributed by atoms with E-state index in [4.69, 9.17) is 0 Å². The fourth-order valence-corrected chi connectivity index (χ4v) is 2.82. The molecular weight excluding hydrogens is 310 g/mol. The average molecular weight is 324 g/mol. The van der Waals surface area contributed by atoms with Crippen LogP contribution in [0.1, 0.15) is 27.0 Å². The molecule has 0 saturated carbocycles. The molecule has 0 saturated heterocycles. The van der Waals surface area contributed by atoms with E-state index in [0.29, 0.717) is 0 Å². The number of hydrogen-bond acceptors (Lipinski definition) is 2. The van der Waals surface area contributed by atoms with Crippen LogP contribution in [0.2, 0.25) is 0 Å². The number of hydrogen-bond donors (Lipinski definition) is 1. The fraction of sp³-hybridized carbons (Fsp3) is 0.214. The van der Waals surface area contributed by atoms with Crippen molar-refractivity contribution in [1.29, 1.82) is 0 Å². The van der Waals surface area contributed by atoms with Gasteiger partial charge in [0.25, 0.3) is 5.91 Å². The molecule has 2 aromatic rings. The van der Waals surface area contributed by atoms with Crippen LogP contribution in [-0.2, 0) is 6.42 Å². The number of aryl methyl sites for hydroxylation is 2. The van der Waals surface area contributed by atoms with Crippen LogP contribution in [0.3, 0.4) is 0 Å².